The molecule has 1 aliphatic rings. The molecule has 1 aromatic carbocycles. The van der Waals surface area contributed by atoms with Crippen molar-refractivity contribution in [3.05, 3.63) is 53.2 Å². The Kier molecular flexibility index (Phi) is 3.75. The molecule has 3 heterocycles. The zero-order valence-electron chi connectivity index (χ0n) is 14.3. The zero-order chi connectivity index (χ0) is 16.7. The molecule has 1 N–H and O–H groups in total. The monoisotopic (exact) mass is 321 g/mol. The summed E-state index contributed by atoms with van der Waals surface area (Å²) < 4.78 is 2.00. The van der Waals surface area contributed by atoms with Crippen molar-refractivity contribution in [2.24, 2.45) is 5.92 Å². The van der Waals surface area contributed by atoms with Crippen LogP contribution in [0.2, 0.25) is 0 Å². The lowest BCUT2D eigenvalue weighted by Crippen LogP contribution is -2.30. The third kappa shape index (κ3) is 2.29. The maximum absolute atomic E-state index is 13.2. The molecule has 0 spiro atoms. The van der Waals surface area contributed by atoms with Crippen LogP contribution in [0.15, 0.2) is 30.6 Å². The van der Waals surface area contributed by atoms with E-state index in [1.165, 1.54) is 16.6 Å². The van der Waals surface area contributed by atoms with Gasteiger partial charge in [-0.15, -0.1) is 0 Å². The van der Waals surface area contributed by atoms with Gasteiger partial charge in [0.25, 0.3) is 0 Å². The maximum atomic E-state index is 13.2. The highest BCUT2D eigenvalue weighted by molar-refractivity contribution is 5.97. The number of imidazole rings is 1. The van der Waals surface area contributed by atoms with Gasteiger partial charge in [-0.05, 0) is 37.8 Å². The Morgan fingerprint density at radius 1 is 1.33 bits per heavy atom. The third-order valence-corrected chi connectivity index (χ3v) is 5.26. The van der Waals surface area contributed by atoms with Crippen LogP contribution in [-0.4, -0.2) is 20.4 Å². The molecular weight excluding hydrogens is 298 g/mol. The highest BCUT2D eigenvalue weighted by Crippen LogP contribution is 2.34. The summed E-state index contributed by atoms with van der Waals surface area (Å²) in [6.45, 7) is 4.22. The second kappa shape index (κ2) is 5.93. The number of fused-ring (bicyclic) bond motifs is 3. The predicted molar refractivity (Wildman–Crippen MR) is 95.4 cm³/mol. The molecule has 0 fully saturated rings. The molecule has 0 amide bonds. The summed E-state index contributed by atoms with van der Waals surface area (Å²) in [6.07, 6.45) is 6.48. The highest BCUT2D eigenvalue weighted by Gasteiger charge is 2.31. The Labute approximate surface area is 141 Å². The molecule has 3 aromatic rings. The first kappa shape index (κ1) is 15.2. The molecule has 0 bridgehead atoms. The molecule has 1 unspecified atom stereocenters. The smallest absolute Gasteiger partial charge is 0.234 e. The first-order chi connectivity index (χ1) is 11.7. The summed E-state index contributed by atoms with van der Waals surface area (Å²) in [6, 6.07) is 8.34. The second-order valence-corrected chi connectivity index (χ2v) is 6.78. The SMILES string of the molecule is CCCc1c2n(c3ccccc13)C(=O)C(Cc1nc[nH]c1C)CC2. The largest absolute Gasteiger partial charge is 0.348 e. The fraction of sp³-hybridized carbons (Fsp3) is 0.400. The van der Waals surface area contributed by atoms with E-state index in [4.69, 9.17) is 0 Å². The van der Waals surface area contributed by atoms with E-state index >= 15 is 0 Å². The minimum Gasteiger partial charge on any atom is -0.348 e. The number of nitrogens with one attached hydrogen (secondary N) is 1. The van der Waals surface area contributed by atoms with Crippen molar-refractivity contribution in [2.75, 3.05) is 0 Å². The van der Waals surface area contributed by atoms with E-state index in [0.29, 0.717) is 0 Å². The van der Waals surface area contributed by atoms with Gasteiger partial charge >= 0.3 is 0 Å². The van der Waals surface area contributed by atoms with Crippen molar-refractivity contribution in [3.63, 3.8) is 0 Å². The van der Waals surface area contributed by atoms with E-state index in [-0.39, 0.29) is 11.8 Å². The molecule has 0 radical (unpaired) electrons. The van der Waals surface area contributed by atoms with Crippen molar-refractivity contribution in [3.8, 4) is 0 Å². The summed E-state index contributed by atoms with van der Waals surface area (Å²) in [4.78, 5) is 20.7. The fourth-order valence-corrected chi connectivity index (χ4v) is 4.04. The van der Waals surface area contributed by atoms with Gasteiger partial charge in [0, 0.05) is 29.1 Å². The number of carbonyl (C=O) groups excluding carboxylic acids is 1. The van der Waals surface area contributed by atoms with Gasteiger partial charge in [-0.2, -0.15) is 0 Å². The summed E-state index contributed by atoms with van der Waals surface area (Å²) in [5.74, 6) is 0.252. The molecule has 124 valence electrons. The molecule has 1 atom stereocenters. The average molecular weight is 321 g/mol. The molecule has 0 saturated heterocycles. The van der Waals surface area contributed by atoms with E-state index in [1.807, 2.05) is 17.6 Å². The second-order valence-electron chi connectivity index (χ2n) is 6.78. The van der Waals surface area contributed by atoms with Crippen LogP contribution in [0.5, 0.6) is 0 Å². The minimum atomic E-state index is 0.0183. The van der Waals surface area contributed by atoms with Gasteiger partial charge in [-0.1, -0.05) is 31.5 Å². The first-order valence-corrected chi connectivity index (χ1v) is 8.85. The van der Waals surface area contributed by atoms with Gasteiger partial charge in [0.15, 0.2) is 0 Å². The number of aryl methyl sites for hydroxylation is 2. The number of aromatic amines is 1. The lowest BCUT2D eigenvalue weighted by atomic mass is 9.90. The first-order valence-electron chi connectivity index (χ1n) is 8.85. The topological polar surface area (TPSA) is 50.7 Å². The number of benzene rings is 1. The zero-order valence-corrected chi connectivity index (χ0v) is 14.3. The van der Waals surface area contributed by atoms with Crippen LogP contribution in [0, 0.1) is 12.8 Å². The van der Waals surface area contributed by atoms with Crippen LogP contribution in [-0.2, 0) is 19.3 Å². The molecule has 0 aliphatic carbocycles. The van der Waals surface area contributed by atoms with E-state index < -0.39 is 0 Å². The fourth-order valence-electron chi connectivity index (χ4n) is 4.04. The Hall–Kier alpha value is -2.36. The van der Waals surface area contributed by atoms with Crippen molar-refractivity contribution < 1.29 is 4.79 Å². The van der Waals surface area contributed by atoms with Crippen LogP contribution < -0.4 is 0 Å². The number of nitrogens with zero attached hydrogens (tertiary/aromatic N) is 2. The standard InChI is InChI=1S/C20H23N3O/c1-3-6-15-16-7-4-5-8-18(16)23-19(15)10-9-14(20(23)24)11-17-13(2)21-12-22-17/h4-5,7-8,12,14H,3,6,9-11H2,1-2H3,(H,21,22). The number of rotatable bonds is 4. The van der Waals surface area contributed by atoms with E-state index in [1.54, 1.807) is 6.33 Å². The highest BCUT2D eigenvalue weighted by atomic mass is 16.2. The molecule has 4 nitrogen and oxygen atoms in total. The Bertz CT molecular complexity index is 903. The number of para-hydroxylation sites is 1. The van der Waals surface area contributed by atoms with E-state index in [2.05, 4.69) is 35.1 Å². The van der Waals surface area contributed by atoms with E-state index in [0.717, 1.165) is 49.0 Å². The average Bonchev–Trinajstić information content (AvgIpc) is 3.13. The van der Waals surface area contributed by atoms with Crippen LogP contribution in [0.1, 0.15) is 47.2 Å². The molecule has 2 aromatic heterocycles. The summed E-state index contributed by atoms with van der Waals surface area (Å²) >= 11 is 0. The number of aromatic nitrogens is 3. The van der Waals surface area contributed by atoms with Gasteiger partial charge in [0.2, 0.25) is 5.91 Å². The maximum Gasteiger partial charge on any atom is 0.234 e. The van der Waals surface area contributed by atoms with Crippen LogP contribution in [0.25, 0.3) is 10.9 Å². The van der Waals surface area contributed by atoms with E-state index in [9.17, 15) is 4.79 Å². The van der Waals surface area contributed by atoms with Crippen molar-refractivity contribution >= 4 is 16.8 Å². The summed E-state index contributed by atoms with van der Waals surface area (Å²) in [5.41, 5.74) is 5.76. The number of hydrogen-bond donors (Lipinski definition) is 1. The molecule has 24 heavy (non-hydrogen) atoms. The van der Waals surface area contributed by atoms with Gasteiger partial charge in [0.1, 0.15) is 0 Å². The number of H-pyrrole nitrogens is 1. The van der Waals surface area contributed by atoms with Crippen LogP contribution in [0.4, 0.5) is 0 Å². The van der Waals surface area contributed by atoms with Crippen molar-refractivity contribution in [1.82, 2.24) is 14.5 Å². The molecule has 1 aliphatic heterocycles. The predicted octanol–water partition coefficient (Wildman–Crippen LogP) is 4.07. The molecular formula is C20H23N3O. The summed E-state index contributed by atoms with van der Waals surface area (Å²) in [7, 11) is 0. The van der Waals surface area contributed by atoms with Gasteiger partial charge < -0.3 is 4.98 Å². The van der Waals surface area contributed by atoms with Gasteiger partial charge in [-0.25, -0.2) is 4.98 Å². The number of hydrogen-bond acceptors (Lipinski definition) is 2. The number of carbonyl (C=O) groups is 1. The van der Waals surface area contributed by atoms with Gasteiger partial charge in [-0.3, -0.25) is 9.36 Å². The van der Waals surface area contributed by atoms with Crippen molar-refractivity contribution in [2.45, 2.75) is 46.0 Å². The van der Waals surface area contributed by atoms with Gasteiger partial charge in [0.05, 0.1) is 17.5 Å². The molecule has 0 saturated carbocycles. The quantitative estimate of drug-likeness (QED) is 0.787. The normalized spacial score (nSPS) is 17.4. The lowest BCUT2D eigenvalue weighted by molar-refractivity contribution is 0.0808. The van der Waals surface area contributed by atoms with Crippen molar-refractivity contribution in [1.29, 1.82) is 0 Å². The third-order valence-electron chi connectivity index (χ3n) is 5.26. The molecule has 4 rings (SSSR count). The Morgan fingerprint density at radius 3 is 2.92 bits per heavy atom. The van der Waals surface area contributed by atoms with Crippen LogP contribution >= 0.6 is 0 Å². The Morgan fingerprint density at radius 2 is 2.17 bits per heavy atom. The lowest BCUT2D eigenvalue weighted by Gasteiger charge is -2.24. The molecule has 4 heteroatoms. The Balaban J connectivity index is 1.77. The minimum absolute atomic E-state index is 0.0183. The summed E-state index contributed by atoms with van der Waals surface area (Å²) in [5, 5.41) is 1.25. The van der Waals surface area contributed by atoms with Crippen LogP contribution in [0.3, 0.4) is 0 Å².